The van der Waals surface area contributed by atoms with E-state index in [1.165, 1.54) is 0 Å². The van der Waals surface area contributed by atoms with Crippen molar-refractivity contribution in [3.05, 3.63) is 87.7 Å². The summed E-state index contributed by atoms with van der Waals surface area (Å²) in [5.41, 5.74) is 4.88. The van der Waals surface area contributed by atoms with Crippen LogP contribution in [0.1, 0.15) is 11.4 Å². The molecule has 0 aliphatic carbocycles. The van der Waals surface area contributed by atoms with Gasteiger partial charge in [0.2, 0.25) is 5.78 Å². The monoisotopic (exact) mass is 326 g/mol. The summed E-state index contributed by atoms with van der Waals surface area (Å²) in [7, 11) is 0. The molecule has 2 aromatic rings. The van der Waals surface area contributed by atoms with Gasteiger partial charge < -0.3 is 15.3 Å². The molecule has 5 rings (SSSR count). The Labute approximate surface area is 143 Å². The number of hydrogen-bond donors (Lipinski definition) is 3. The second-order valence-corrected chi connectivity index (χ2v) is 6.11. The Hall–Kier alpha value is -3.60. The van der Waals surface area contributed by atoms with Crippen LogP contribution in [0.15, 0.2) is 70.7 Å². The summed E-state index contributed by atoms with van der Waals surface area (Å²) < 4.78 is 0. The van der Waals surface area contributed by atoms with Gasteiger partial charge in [-0.3, -0.25) is 4.79 Å². The van der Waals surface area contributed by atoms with Gasteiger partial charge in [-0.25, -0.2) is 4.99 Å². The molecule has 0 spiro atoms. The van der Waals surface area contributed by atoms with E-state index in [2.05, 4.69) is 20.3 Å². The van der Waals surface area contributed by atoms with Gasteiger partial charge in [0.25, 0.3) is 0 Å². The molecule has 0 atom stereocenters. The van der Waals surface area contributed by atoms with E-state index in [1.54, 1.807) is 12.2 Å². The number of aliphatic imine (C=N–C) groups is 1. The summed E-state index contributed by atoms with van der Waals surface area (Å²) in [4.78, 5) is 23.4. The highest BCUT2D eigenvalue weighted by Gasteiger charge is 2.17. The molecule has 3 N–H and O–H groups in total. The molecule has 0 aromatic carbocycles. The molecule has 120 valence electrons. The van der Waals surface area contributed by atoms with E-state index in [1.807, 2.05) is 54.6 Å². The van der Waals surface area contributed by atoms with Crippen LogP contribution in [-0.4, -0.2) is 21.5 Å². The van der Waals surface area contributed by atoms with Crippen LogP contribution in [0.25, 0.3) is 18.2 Å². The van der Waals surface area contributed by atoms with Gasteiger partial charge in [-0.2, -0.15) is 0 Å². The van der Waals surface area contributed by atoms with Crippen LogP contribution in [0.4, 0.5) is 0 Å². The first-order chi connectivity index (χ1) is 12.2. The number of hydrogen-bond acceptors (Lipinski definition) is 3. The minimum atomic E-state index is -0.0453. The van der Waals surface area contributed by atoms with Crippen LogP contribution in [-0.2, 0) is 4.79 Å². The van der Waals surface area contributed by atoms with Crippen molar-refractivity contribution in [1.29, 1.82) is 0 Å². The molecule has 8 bridgehead atoms. The van der Waals surface area contributed by atoms with Crippen molar-refractivity contribution in [2.24, 2.45) is 4.99 Å². The second-order valence-electron chi connectivity index (χ2n) is 6.11. The molecule has 0 radical (unpaired) electrons. The molecule has 5 nitrogen and oxygen atoms in total. The lowest BCUT2D eigenvalue weighted by molar-refractivity contribution is -0.111. The fourth-order valence-corrected chi connectivity index (χ4v) is 3.05. The molecule has 0 fully saturated rings. The Morgan fingerprint density at radius 2 is 1.56 bits per heavy atom. The largest absolute Gasteiger partial charge is 0.355 e. The molecule has 0 unspecified atom stereocenters. The van der Waals surface area contributed by atoms with Crippen LogP contribution >= 0.6 is 0 Å². The van der Waals surface area contributed by atoms with E-state index < -0.39 is 0 Å². The molecule has 0 amide bonds. The van der Waals surface area contributed by atoms with Gasteiger partial charge in [0.1, 0.15) is 0 Å². The highest BCUT2D eigenvalue weighted by Crippen LogP contribution is 2.17. The van der Waals surface area contributed by atoms with Crippen molar-refractivity contribution in [3.8, 4) is 0 Å². The third kappa shape index (κ3) is 2.61. The first kappa shape index (κ1) is 13.8. The number of nitrogens with zero attached hydrogens (tertiary/aromatic N) is 1. The summed E-state index contributed by atoms with van der Waals surface area (Å²) in [6.07, 6.45) is 13.1. The predicted molar refractivity (Wildman–Crippen MR) is 97.7 cm³/mol. The van der Waals surface area contributed by atoms with Gasteiger partial charge in [0.05, 0.1) is 17.1 Å². The number of aromatic amines is 2. The van der Waals surface area contributed by atoms with Crippen molar-refractivity contribution < 1.29 is 4.79 Å². The third-order valence-corrected chi connectivity index (χ3v) is 4.19. The fourth-order valence-electron chi connectivity index (χ4n) is 3.05. The predicted octanol–water partition coefficient (Wildman–Crippen LogP) is 1.26. The number of fused-ring (bicyclic) bond motifs is 7. The second kappa shape index (κ2) is 5.21. The Morgan fingerprint density at radius 3 is 2.44 bits per heavy atom. The summed E-state index contributed by atoms with van der Waals surface area (Å²) in [6, 6.07) is 8.04. The summed E-state index contributed by atoms with van der Waals surface area (Å²) in [5, 5.41) is 5.07. The summed E-state index contributed by atoms with van der Waals surface area (Å²) in [6.45, 7) is 0. The number of aromatic nitrogens is 2. The smallest absolute Gasteiger partial charge is 0.204 e. The number of ketones is 1. The van der Waals surface area contributed by atoms with Crippen LogP contribution < -0.4 is 16.0 Å². The number of rotatable bonds is 0. The normalized spacial score (nSPS) is 17.8. The topological polar surface area (TPSA) is 73.0 Å². The van der Waals surface area contributed by atoms with E-state index in [-0.39, 0.29) is 5.78 Å². The molecular formula is C20H14N4O. The van der Waals surface area contributed by atoms with Gasteiger partial charge in [-0.15, -0.1) is 0 Å². The molecular weight excluding hydrogens is 312 g/mol. The molecule has 2 aromatic heterocycles. The Kier molecular flexibility index (Phi) is 2.87. The number of carbonyl (C=O) groups is 1. The lowest BCUT2D eigenvalue weighted by Gasteiger charge is -1.99. The lowest BCUT2D eigenvalue weighted by Crippen LogP contribution is -2.14. The number of H-pyrrole nitrogens is 2. The van der Waals surface area contributed by atoms with Gasteiger partial charge in [-0.1, -0.05) is 0 Å². The number of nitrogens with one attached hydrogen (secondary N) is 3. The molecule has 25 heavy (non-hydrogen) atoms. The SMILES string of the molecule is O=C1C=C2C=c3ccc([nH]3)=Cc3ccc([nH]3)C=C3C=CC(=N3)C=C1N2. The minimum absolute atomic E-state index is 0.0453. The first-order valence-electron chi connectivity index (χ1n) is 8.02. The average molecular weight is 326 g/mol. The maximum absolute atomic E-state index is 12.2. The number of carbonyl (C=O) groups excluding carboxylic acids is 1. The Morgan fingerprint density at radius 1 is 0.760 bits per heavy atom. The summed E-state index contributed by atoms with van der Waals surface area (Å²) in [5.74, 6) is -0.0453. The molecule has 5 heteroatoms. The zero-order valence-electron chi connectivity index (χ0n) is 13.2. The zero-order valence-corrected chi connectivity index (χ0v) is 13.2. The van der Waals surface area contributed by atoms with Crippen LogP contribution in [0.2, 0.25) is 0 Å². The molecule has 0 saturated carbocycles. The highest BCUT2D eigenvalue weighted by molar-refractivity contribution is 6.16. The van der Waals surface area contributed by atoms with E-state index in [0.717, 1.165) is 39.2 Å². The van der Waals surface area contributed by atoms with Gasteiger partial charge in [-0.05, 0) is 60.7 Å². The van der Waals surface area contributed by atoms with Gasteiger partial charge in [0.15, 0.2) is 0 Å². The minimum Gasteiger partial charge on any atom is -0.355 e. The van der Waals surface area contributed by atoms with Crippen molar-refractivity contribution in [2.75, 3.05) is 0 Å². The molecule has 3 aliphatic heterocycles. The van der Waals surface area contributed by atoms with Crippen molar-refractivity contribution in [2.45, 2.75) is 0 Å². The number of allylic oxidation sites excluding steroid dienone is 5. The van der Waals surface area contributed by atoms with Crippen molar-refractivity contribution in [1.82, 2.24) is 15.3 Å². The van der Waals surface area contributed by atoms with Crippen LogP contribution in [0, 0.1) is 0 Å². The fraction of sp³-hybridized carbons (Fsp3) is 0. The molecule has 0 saturated heterocycles. The van der Waals surface area contributed by atoms with E-state index in [0.29, 0.717) is 5.70 Å². The maximum Gasteiger partial charge on any atom is 0.204 e. The first-order valence-corrected chi connectivity index (χ1v) is 8.02. The van der Waals surface area contributed by atoms with E-state index >= 15 is 0 Å². The Balaban J connectivity index is 1.71. The van der Waals surface area contributed by atoms with Gasteiger partial charge >= 0.3 is 0 Å². The van der Waals surface area contributed by atoms with Crippen molar-refractivity contribution >= 4 is 29.7 Å². The quantitative estimate of drug-likeness (QED) is 0.682. The third-order valence-electron chi connectivity index (χ3n) is 4.19. The van der Waals surface area contributed by atoms with E-state index in [4.69, 9.17) is 0 Å². The molecule has 5 heterocycles. The Bertz CT molecular complexity index is 1180. The standard InChI is InChI=1S/C20H14N4O/c25-20-11-18-9-16-4-3-14(22-16)7-12-1-2-13(21-12)8-15-5-6-17(23-15)10-19(20)24-18/h1-11,21-22,24H. The molecule has 3 aliphatic rings. The summed E-state index contributed by atoms with van der Waals surface area (Å²) >= 11 is 0. The lowest BCUT2D eigenvalue weighted by atomic mass is 10.2. The van der Waals surface area contributed by atoms with Crippen LogP contribution in [0.3, 0.4) is 0 Å². The average Bonchev–Trinajstić information content (AvgIpc) is 3.33. The maximum atomic E-state index is 12.2. The van der Waals surface area contributed by atoms with Crippen LogP contribution in [0.5, 0.6) is 0 Å². The highest BCUT2D eigenvalue weighted by atomic mass is 16.1. The van der Waals surface area contributed by atoms with Crippen molar-refractivity contribution in [3.63, 3.8) is 0 Å². The van der Waals surface area contributed by atoms with Gasteiger partial charge in [0, 0.05) is 33.9 Å². The zero-order chi connectivity index (χ0) is 16.8. The van der Waals surface area contributed by atoms with E-state index in [9.17, 15) is 4.79 Å².